The molecule has 0 spiro atoms. The fourth-order valence-electron chi connectivity index (χ4n) is 1.37. The van der Waals surface area contributed by atoms with Gasteiger partial charge in [0.1, 0.15) is 0 Å². The molecule has 1 rings (SSSR count). The largest absolute Gasteiger partial charge is 0.351 e. The fraction of sp³-hybridized carbons (Fsp3) is 0.462. The summed E-state index contributed by atoms with van der Waals surface area (Å²) in [7, 11) is 0. The number of unbranched alkanes of at least 4 members (excludes halogenated alkanes) is 1. The maximum absolute atomic E-state index is 11.4. The number of nitrogens with one attached hydrogen (secondary N) is 2. The van der Waals surface area contributed by atoms with E-state index in [0.29, 0.717) is 18.1 Å². The molecule has 1 aromatic carbocycles. The zero-order valence-electron chi connectivity index (χ0n) is 10.1. The molecule has 0 aliphatic rings. The molecule has 0 saturated carbocycles. The minimum Gasteiger partial charge on any atom is -0.351 e. The van der Waals surface area contributed by atoms with E-state index in [1.165, 1.54) is 0 Å². The highest BCUT2D eigenvalue weighted by Gasteiger charge is 2.00. The van der Waals surface area contributed by atoms with E-state index in [9.17, 15) is 4.79 Å². The van der Waals surface area contributed by atoms with Crippen molar-refractivity contribution in [2.45, 2.75) is 26.3 Å². The van der Waals surface area contributed by atoms with Crippen molar-refractivity contribution in [1.29, 1.82) is 0 Å². The highest BCUT2D eigenvalue weighted by atomic mass is 35.5. The third-order valence-electron chi connectivity index (χ3n) is 2.40. The Kier molecular flexibility index (Phi) is 6.67. The lowest BCUT2D eigenvalue weighted by molar-refractivity contribution is -0.120. The summed E-state index contributed by atoms with van der Waals surface area (Å²) in [5.74, 6) is 0.0241. The van der Waals surface area contributed by atoms with Crippen LogP contribution in [0.15, 0.2) is 24.3 Å². The van der Waals surface area contributed by atoms with Gasteiger partial charge < -0.3 is 10.6 Å². The third kappa shape index (κ3) is 6.29. The molecule has 4 heteroatoms. The summed E-state index contributed by atoms with van der Waals surface area (Å²) in [6, 6.07) is 7.46. The van der Waals surface area contributed by atoms with E-state index in [2.05, 4.69) is 17.6 Å². The summed E-state index contributed by atoms with van der Waals surface area (Å²) in [5.41, 5.74) is 1.05. The first kappa shape index (κ1) is 14.0. The molecule has 0 saturated heterocycles. The average molecular weight is 255 g/mol. The normalized spacial score (nSPS) is 10.2. The second kappa shape index (κ2) is 8.09. The van der Waals surface area contributed by atoms with Crippen molar-refractivity contribution in [3.05, 3.63) is 34.9 Å². The molecule has 0 unspecified atom stereocenters. The molecule has 0 heterocycles. The standard InChI is InChI=1S/C13H19ClN2O/c1-2-3-8-15-10-13(17)16-9-11-4-6-12(14)7-5-11/h4-7,15H,2-3,8-10H2,1H3,(H,16,17). The molecule has 0 aliphatic carbocycles. The van der Waals surface area contributed by atoms with Gasteiger partial charge >= 0.3 is 0 Å². The number of carbonyl (C=O) groups excluding carboxylic acids is 1. The number of carbonyl (C=O) groups is 1. The summed E-state index contributed by atoms with van der Waals surface area (Å²) >= 11 is 5.78. The van der Waals surface area contributed by atoms with Crippen molar-refractivity contribution in [1.82, 2.24) is 10.6 Å². The lowest BCUT2D eigenvalue weighted by atomic mass is 10.2. The van der Waals surface area contributed by atoms with Gasteiger partial charge in [0, 0.05) is 11.6 Å². The first-order valence-electron chi connectivity index (χ1n) is 5.94. The molecule has 0 aliphatic heterocycles. The van der Waals surface area contributed by atoms with Crippen LogP contribution in [0.1, 0.15) is 25.3 Å². The molecule has 0 fully saturated rings. The van der Waals surface area contributed by atoms with Crippen LogP contribution >= 0.6 is 11.6 Å². The molecule has 0 atom stereocenters. The Labute approximate surface area is 108 Å². The highest BCUT2D eigenvalue weighted by Crippen LogP contribution is 2.08. The quantitative estimate of drug-likeness (QED) is 0.734. The molecule has 0 aromatic heterocycles. The predicted molar refractivity (Wildman–Crippen MR) is 71.1 cm³/mol. The zero-order chi connectivity index (χ0) is 12.5. The second-order valence-corrected chi connectivity index (χ2v) is 4.37. The van der Waals surface area contributed by atoms with E-state index in [1.807, 2.05) is 24.3 Å². The Morgan fingerprint density at radius 1 is 1.29 bits per heavy atom. The molecule has 1 aromatic rings. The minimum atomic E-state index is 0.0241. The third-order valence-corrected chi connectivity index (χ3v) is 2.65. The van der Waals surface area contributed by atoms with Crippen LogP contribution in [0.25, 0.3) is 0 Å². The van der Waals surface area contributed by atoms with Gasteiger partial charge in [-0.15, -0.1) is 0 Å². The van der Waals surface area contributed by atoms with Crippen molar-refractivity contribution in [2.75, 3.05) is 13.1 Å². The maximum atomic E-state index is 11.4. The van der Waals surface area contributed by atoms with Crippen molar-refractivity contribution in [2.24, 2.45) is 0 Å². The second-order valence-electron chi connectivity index (χ2n) is 3.93. The van der Waals surface area contributed by atoms with E-state index in [0.717, 1.165) is 24.9 Å². The van der Waals surface area contributed by atoms with E-state index in [1.54, 1.807) is 0 Å². The summed E-state index contributed by atoms with van der Waals surface area (Å²) in [6.45, 7) is 3.95. The molecule has 1 amide bonds. The van der Waals surface area contributed by atoms with Gasteiger partial charge in [-0.1, -0.05) is 37.1 Å². The van der Waals surface area contributed by atoms with Crippen LogP contribution in [0, 0.1) is 0 Å². The van der Waals surface area contributed by atoms with E-state index >= 15 is 0 Å². The Morgan fingerprint density at radius 2 is 2.00 bits per heavy atom. The van der Waals surface area contributed by atoms with Gasteiger partial charge in [-0.05, 0) is 30.7 Å². The van der Waals surface area contributed by atoms with Crippen LogP contribution in [0.3, 0.4) is 0 Å². The van der Waals surface area contributed by atoms with Gasteiger partial charge in [0.2, 0.25) is 5.91 Å². The number of halogens is 1. The van der Waals surface area contributed by atoms with Gasteiger partial charge in [-0.2, -0.15) is 0 Å². The SMILES string of the molecule is CCCCNCC(=O)NCc1ccc(Cl)cc1. The lowest BCUT2D eigenvalue weighted by Gasteiger charge is -2.06. The van der Waals surface area contributed by atoms with Gasteiger partial charge in [0.25, 0.3) is 0 Å². The van der Waals surface area contributed by atoms with Crippen molar-refractivity contribution >= 4 is 17.5 Å². The minimum absolute atomic E-state index is 0.0241. The predicted octanol–water partition coefficient (Wildman–Crippen LogP) is 2.35. The molecule has 17 heavy (non-hydrogen) atoms. The topological polar surface area (TPSA) is 41.1 Å². The zero-order valence-corrected chi connectivity index (χ0v) is 10.9. The Hall–Kier alpha value is -1.06. The smallest absolute Gasteiger partial charge is 0.234 e. The number of rotatable bonds is 7. The molecule has 3 nitrogen and oxygen atoms in total. The Balaban J connectivity index is 2.17. The van der Waals surface area contributed by atoms with Gasteiger partial charge in [0.15, 0.2) is 0 Å². The monoisotopic (exact) mass is 254 g/mol. The first-order chi connectivity index (χ1) is 8.22. The lowest BCUT2D eigenvalue weighted by Crippen LogP contribution is -2.33. The van der Waals surface area contributed by atoms with Gasteiger partial charge in [0.05, 0.1) is 6.54 Å². The molecule has 0 radical (unpaired) electrons. The summed E-state index contributed by atoms with van der Waals surface area (Å²) in [5, 5.41) is 6.66. The Morgan fingerprint density at radius 3 is 2.65 bits per heavy atom. The Bertz CT molecular complexity index is 338. The number of amides is 1. The van der Waals surface area contributed by atoms with Crippen molar-refractivity contribution < 1.29 is 4.79 Å². The van der Waals surface area contributed by atoms with Crippen LogP contribution in [0.5, 0.6) is 0 Å². The van der Waals surface area contributed by atoms with Gasteiger partial charge in [-0.3, -0.25) is 4.79 Å². The van der Waals surface area contributed by atoms with E-state index in [-0.39, 0.29) is 5.91 Å². The maximum Gasteiger partial charge on any atom is 0.234 e. The summed E-state index contributed by atoms with van der Waals surface area (Å²) < 4.78 is 0. The number of benzene rings is 1. The van der Waals surface area contributed by atoms with E-state index in [4.69, 9.17) is 11.6 Å². The van der Waals surface area contributed by atoms with Crippen LogP contribution in [-0.2, 0) is 11.3 Å². The highest BCUT2D eigenvalue weighted by molar-refractivity contribution is 6.30. The van der Waals surface area contributed by atoms with Crippen LogP contribution in [0.4, 0.5) is 0 Å². The van der Waals surface area contributed by atoms with Crippen LogP contribution in [0.2, 0.25) is 5.02 Å². The number of hydrogen-bond acceptors (Lipinski definition) is 2. The summed E-state index contributed by atoms with van der Waals surface area (Å²) in [4.78, 5) is 11.4. The van der Waals surface area contributed by atoms with Gasteiger partial charge in [-0.25, -0.2) is 0 Å². The van der Waals surface area contributed by atoms with Crippen molar-refractivity contribution in [3.63, 3.8) is 0 Å². The first-order valence-corrected chi connectivity index (χ1v) is 6.32. The molecule has 0 bridgehead atoms. The molecular weight excluding hydrogens is 236 g/mol. The van der Waals surface area contributed by atoms with Crippen molar-refractivity contribution in [3.8, 4) is 0 Å². The van der Waals surface area contributed by atoms with E-state index < -0.39 is 0 Å². The molecule has 94 valence electrons. The van der Waals surface area contributed by atoms with Crippen LogP contribution < -0.4 is 10.6 Å². The summed E-state index contributed by atoms with van der Waals surface area (Å²) in [6.07, 6.45) is 2.24. The molecule has 2 N–H and O–H groups in total. The number of hydrogen-bond donors (Lipinski definition) is 2. The fourth-order valence-corrected chi connectivity index (χ4v) is 1.50. The van der Waals surface area contributed by atoms with Crippen LogP contribution in [-0.4, -0.2) is 19.0 Å². The average Bonchev–Trinajstić information content (AvgIpc) is 2.34. The molecular formula is C13H19ClN2O.